The number of unbranched alkanes of at least 4 members (excludes halogenated alkanes) is 1. The Morgan fingerprint density at radius 3 is 2.53 bits per heavy atom. The van der Waals surface area contributed by atoms with Crippen molar-refractivity contribution in [1.29, 1.82) is 0 Å². The molecule has 4 heteroatoms. The third-order valence-corrected chi connectivity index (χ3v) is 4.77. The Balaban J connectivity index is 2.10. The molecule has 0 fully saturated rings. The zero-order chi connectivity index (χ0) is 14.1. The minimum absolute atomic E-state index is 0.124. The molecular weight excluding hydrogens is 278 g/mol. The molecule has 0 bridgehead atoms. The van der Waals surface area contributed by atoms with E-state index in [1.165, 1.54) is 12.0 Å². The smallest absolute Gasteiger partial charge is 0.0610 e. The molecule has 0 spiro atoms. The van der Waals surface area contributed by atoms with Gasteiger partial charge in [-0.05, 0) is 50.3 Å². The summed E-state index contributed by atoms with van der Waals surface area (Å²) >= 11 is 7.80. The van der Waals surface area contributed by atoms with E-state index in [1.807, 2.05) is 30.9 Å². The van der Waals surface area contributed by atoms with Crippen molar-refractivity contribution in [1.82, 2.24) is 5.32 Å². The monoisotopic (exact) mass is 301 g/mol. The van der Waals surface area contributed by atoms with Crippen molar-refractivity contribution in [2.45, 2.75) is 37.5 Å². The summed E-state index contributed by atoms with van der Waals surface area (Å²) in [6, 6.07) is 8.05. The lowest BCUT2D eigenvalue weighted by molar-refractivity contribution is 0.171. The van der Waals surface area contributed by atoms with E-state index >= 15 is 0 Å². The van der Waals surface area contributed by atoms with Crippen LogP contribution in [0.25, 0.3) is 0 Å². The predicted molar refractivity (Wildman–Crippen MR) is 86.0 cm³/mol. The molecule has 2 N–H and O–H groups in total. The van der Waals surface area contributed by atoms with Gasteiger partial charge in [-0.1, -0.05) is 30.2 Å². The fourth-order valence-electron chi connectivity index (χ4n) is 1.77. The maximum absolute atomic E-state index is 9.28. The highest BCUT2D eigenvalue weighted by Gasteiger charge is 2.19. The van der Waals surface area contributed by atoms with E-state index in [0.29, 0.717) is 0 Å². The van der Waals surface area contributed by atoms with Gasteiger partial charge in [0.05, 0.1) is 6.61 Å². The van der Waals surface area contributed by atoms with Gasteiger partial charge in [0.15, 0.2) is 0 Å². The zero-order valence-corrected chi connectivity index (χ0v) is 13.4. The molecule has 1 aromatic rings. The summed E-state index contributed by atoms with van der Waals surface area (Å²) < 4.78 is 0. The fraction of sp³-hybridized carbons (Fsp3) is 0.600. The maximum Gasteiger partial charge on any atom is 0.0610 e. The molecule has 1 rings (SSSR count). The summed E-state index contributed by atoms with van der Waals surface area (Å²) in [5.41, 5.74) is 1.20. The van der Waals surface area contributed by atoms with Gasteiger partial charge in [-0.3, -0.25) is 0 Å². The molecule has 0 saturated heterocycles. The van der Waals surface area contributed by atoms with E-state index in [2.05, 4.69) is 24.4 Å². The van der Waals surface area contributed by atoms with Crippen LogP contribution in [-0.4, -0.2) is 30.1 Å². The molecule has 108 valence electrons. The van der Waals surface area contributed by atoms with Gasteiger partial charge in [-0.25, -0.2) is 0 Å². The minimum Gasteiger partial charge on any atom is -0.394 e. The molecule has 1 unspecified atom stereocenters. The van der Waals surface area contributed by atoms with Gasteiger partial charge < -0.3 is 10.4 Å². The molecule has 19 heavy (non-hydrogen) atoms. The topological polar surface area (TPSA) is 32.3 Å². The van der Waals surface area contributed by atoms with Crippen molar-refractivity contribution in [3.05, 3.63) is 34.9 Å². The highest BCUT2D eigenvalue weighted by Crippen LogP contribution is 2.18. The Morgan fingerprint density at radius 1 is 1.26 bits per heavy atom. The number of aliphatic hydroxyl groups is 1. The number of nitrogens with one attached hydrogen (secondary N) is 1. The second-order valence-corrected chi connectivity index (χ2v) is 6.65. The van der Waals surface area contributed by atoms with Crippen LogP contribution in [0.4, 0.5) is 0 Å². The van der Waals surface area contributed by atoms with Crippen molar-refractivity contribution in [2.24, 2.45) is 0 Å². The number of thioether (sulfide) groups is 1. The maximum atomic E-state index is 9.28. The van der Waals surface area contributed by atoms with Crippen LogP contribution in [0, 0.1) is 0 Å². The summed E-state index contributed by atoms with van der Waals surface area (Å²) in [5, 5.41) is 13.3. The number of rotatable bonds is 9. The molecular formula is C15H24ClNOS. The van der Waals surface area contributed by atoms with Crippen LogP contribution in [-0.2, 0) is 5.75 Å². The van der Waals surface area contributed by atoms with Crippen LogP contribution in [0.3, 0.4) is 0 Å². The van der Waals surface area contributed by atoms with E-state index in [4.69, 9.17) is 11.6 Å². The first-order valence-corrected chi connectivity index (χ1v) is 8.25. The molecule has 0 aliphatic carbocycles. The average molecular weight is 302 g/mol. The number of halogens is 1. The van der Waals surface area contributed by atoms with E-state index in [-0.39, 0.29) is 12.1 Å². The molecule has 1 atom stereocenters. The first-order valence-electron chi connectivity index (χ1n) is 6.71. The van der Waals surface area contributed by atoms with Crippen LogP contribution in [0.15, 0.2) is 24.3 Å². The number of aliphatic hydroxyl groups excluding tert-OH is 1. The normalized spacial score (nSPS) is 14.3. The first kappa shape index (κ1) is 16.8. The fourth-order valence-corrected chi connectivity index (χ4v) is 2.88. The van der Waals surface area contributed by atoms with Crippen LogP contribution >= 0.6 is 23.4 Å². The second-order valence-electron chi connectivity index (χ2n) is 5.10. The van der Waals surface area contributed by atoms with Gasteiger partial charge in [0, 0.05) is 16.3 Å². The lowest BCUT2D eigenvalue weighted by Crippen LogP contribution is -2.43. The number of likely N-dealkylation sites (N-methyl/N-ethyl adjacent to an activating group) is 1. The highest BCUT2D eigenvalue weighted by atomic mass is 35.5. The van der Waals surface area contributed by atoms with Gasteiger partial charge in [-0.2, -0.15) is 11.8 Å². The SMILES string of the molecule is CNC(C)(CO)CCCCSCc1ccc(Cl)cc1. The summed E-state index contributed by atoms with van der Waals surface area (Å²) in [5.74, 6) is 2.20. The second kappa shape index (κ2) is 8.85. The van der Waals surface area contributed by atoms with Crippen molar-refractivity contribution < 1.29 is 5.11 Å². The van der Waals surface area contributed by atoms with Crippen molar-refractivity contribution in [2.75, 3.05) is 19.4 Å². The lowest BCUT2D eigenvalue weighted by Gasteiger charge is -2.26. The van der Waals surface area contributed by atoms with Crippen LogP contribution in [0.2, 0.25) is 5.02 Å². The van der Waals surface area contributed by atoms with Crippen molar-refractivity contribution >= 4 is 23.4 Å². The third kappa shape index (κ3) is 6.66. The first-order chi connectivity index (χ1) is 9.09. The minimum atomic E-state index is -0.124. The van der Waals surface area contributed by atoms with Gasteiger partial charge in [0.1, 0.15) is 0 Å². The van der Waals surface area contributed by atoms with Gasteiger partial charge >= 0.3 is 0 Å². The van der Waals surface area contributed by atoms with Crippen molar-refractivity contribution in [3.8, 4) is 0 Å². The Kier molecular flexibility index (Phi) is 7.84. The largest absolute Gasteiger partial charge is 0.394 e. The third-order valence-electron chi connectivity index (χ3n) is 3.40. The molecule has 0 aliphatic rings. The molecule has 0 aliphatic heterocycles. The molecule has 0 heterocycles. The lowest BCUT2D eigenvalue weighted by atomic mass is 9.96. The summed E-state index contributed by atoms with van der Waals surface area (Å²) in [6.07, 6.45) is 3.35. The number of hydrogen-bond donors (Lipinski definition) is 2. The van der Waals surface area contributed by atoms with Gasteiger partial charge in [0.25, 0.3) is 0 Å². The Bertz CT molecular complexity index is 352. The van der Waals surface area contributed by atoms with Gasteiger partial charge in [-0.15, -0.1) is 0 Å². The quantitative estimate of drug-likeness (QED) is 0.682. The Morgan fingerprint density at radius 2 is 1.95 bits per heavy atom. The molecule has 0 saturated carbocycles. The predicted octanol–water partition coefficient (Wildman–Crippen LogP) is 3.71. The van der Waals surface area contributed by atoms with E-state index in [1.54, 1.807) is 0 Å². The van der Waals surface area contributed by atoms with Gasteiger partial charge in [0.2, 0.25) is 0 Å². The molecule has 1 aromatic carbocycles. The highest BCUT2D eigenvalue weighted by molar-refractivity contribution is 7.98. The van der Waals surface area contributed by atoms with E-state index < -0.39 is 0 Å². The summed E-state index contributed by atoms with van der Waals surface area (Å²) in [4.78, 5) is 0. The Hall–Kier alpha value is -0.220. The van der Waals surface area contributed by atoms with Crippen molar-refractivity contribution in [3.63, 3.8) is 0 Å². The zero-order valence-electron chi connectivity index (χ0n) is 11.8. The average Bonchev–Trinajstić information content (AvgIpc) is 2.44. The Labute approximate surface area is 125 Å². The number of hydrogen-bond acceptors (Lipinski definition) is 3. The van der Waals surface area contributed by atoms with Crippen LogP contribution in [0.1, 0.15) is 31.7 Å². The summed E-state index contributed by atoms with van der Waals surface area (Å²) in [7, 11) is 1.91. The van der Waals surface area contributed by atoms with E-state index in [0.717, 1.165) is 29.4 Å². The number of benzene rings is 1. The standard InChI is InChI=1S/C15H24ClNOS/c1-15(12-18,17-2)9-3-4-10-19-11-13-5-7-14(16)8-6-13/h5-8,17-18H,3-4,9-12H2,1-2H3. The van der Waals surface area contributed by atoms with E-state index in [9.17, 15) is 5.11 Å². The van der Waals surface area contributed by atoms with Crippen LogP contribution in [0.5, 0.6) is 0 Å². The van der Waals surface area contributed by atoms with Crippen LogP contribution < -0.4 is 5.32 Å². The summed E-state index contributed by atoms with van der Waals surface area (Å²) in [6.45, 7) is 2.26. The molecule has 0 aromatic heterocycles. The molecule has 0 amide bonds. The molecule has 2 nitrogen and oxygen atoms in total. The molecule has 0 radical (unpaired) electrons.